The minimum Gasteiger partial charge on any atom is -0.393 e. The molecule has 0 amide bonds. The maximum absolute atomic E-state index is 10.2. The molecule has 3 nitrogen and oxygen atoms in total. The summed E-state index contributed by atoms with van der Waals surface area (Å²) < 4.78 is 0. The fourth-order valence-electron chi connectivity index (χ4n) is 7.99. The van der Waals surface area contributed by atoms with E-state index in [4.69, 9.17) is 4.89 Å². The molecule has 0 aromatic heterocycles. The molecule has 4 rings (SSSR count). The van der Waals surface area contributed by atoms with Gasteiger partial charge in [0.05, 0.1) is 6.10 Å². The van der Waals surface area contributed by atoms with Crippen LogP contribution in [-0.4, -0.2) is 22.6 Å². The number of fused-ring (bicyclic) bond motifs is 4. The lowest BCUT2D eigenvalue weighted by Crippen LogP contribution is -2.45. The number of rotatable bonds is 6. The molecule has 0 aromatic rings. The van der Waals surface area contributed by atoms with Crippen molar-refractivity contribution in [2.24, 2.45) is 34.5 Å². The van der Waals surface area contributed by atoms with Crippen molar-refractivity contribution in [2.45, 2.75) is 111 Å². The third kappa shape index (κ3) is 3.63. The molecule has 2 fully saturated rings. The third-order valence-electron chi connectivity index (χ3n) is 9.76. The van der Waals surface area contributed by atoms with E-state index < -0.39 is 0 Å². The lowest BCUT2D eigenvalue weighted by Gasteiger charge is -2.53. The summed E-state index contributed by atoms with van der Waals surface area (Å²) in [5, 5.41) is 20.1. The zero-order chi connectivity index (χ0) is 21.7. The molecule has 0 aliphatic heterocycles. The van der Waals surface area contributed by atoms with Crippen LogP contribution in [0.1, 0.15) is 98.8 Å². The zero-order valence-corrected chi connectivity index (χ0v) is 19.9. The normalized spacial score (nSPS) is 41.9. The Labute approximate surface area is 183 Å². The molecule has 0 heterocycles. The van der Waals surface area contributed by atoms with Gasteiger partial charge in [0, 0.05) is 5.41 Å². The van der Waals surface area contributed by atoms with Gasteiger partial charge < -0.3 is 5.11 Å². The molecule has 7 atom stereocenters. The Morgan fingerprint density at radius 2 is 1.87 bits per heavy atom. The van der Waals surface area contributed by atoms with E-state index >= 15 is 0 Å². The lowest BCUT2D eigenvalue weighted by atomic mass is 9.52. The molecular formula is C27H44O3. The summed E-state index contributed by atoms with van der Waals surface area (Å²) in [5.41, 5.74) is 4.63. The van der Waals surface area contributed by atoms with Gasteiger partial charge in [-0.05, 0) is 85.7 Å². The minimum absolute atomic E-state index is 0.0614. The van der Waals surface area contributed by atoms with Gasteiger partial charge in [-0.1, -0.05) is 65.0 Å². The molecule has 1 unspecified atom stereocenters. The summed E-state index contributed by atoms with van der Waals surface area (Å²) in [6.45, 7) is 12.1. The second kappa shape index (κ2) is 8.37. The molecular weight excluding hydrogens is 372 g/mol. The second-order valence-corrected chi connectivity index (χ2v) is 11.9. The van der Waals surface area contributed by atoms with Crippen molar-refractivity contribution in [2.75, 3.05) is 0 Å². The Hall–Kier alpha value is -0.640. The largest absolute Gasteiger partial charge is 0.393 e. The number of hydrogen-bond donors (Lipinski definition) is 2. The predicted octanol–water partition coefficient (Wildman–Crippen LogP) is 6.92. The van der Waals surface area contributed by atoms with Crippen LogP contribution in [0.15, 0.2) is 22.8 Å². The highest BCUT2D eigenvalue weighted by molar-refractivity contribution is 5.46. The second-order valence-electron chi connectivity index (χ2n) is 11.9. The third-order valence-corrected chi connectivity index (χ3v) is 9.76. The predicted molar refractivity (Wildman–Crippen MR) is 122 cm³/mol. The molecule has 170 valence electrons. The summed E-state index contributed by atoms with van der Waals surface area (Å²) in [5.74, 6) is 2.86. The molecule has 30 heavy (non-hydrogen) atoms. The van der Waals surface area contributed by atoms with E-state index in [0.717, 1.165) is 43.4 Å². The smallest absolute Gasteiger partial charge is 0.133 e. The van der Waals surface area contributed by atoms with E-state index in [1.165, 1.54) is 49.7 Å². The van der Waals surface area contributed by atoms with Gasteiger partial charge in [0.1, 0.15) is 6.10 Å². The monoisotopic (exact) mass is 416 g/mol. The lowest BCUT2D eigenvalue weighted by molar-refractivity contribution is -0.260. The summed E-state index contributed by atoms with van der Waals surface area (Å²) in [4.78, 5) is 5.11. The van der Waals surface area contributed by atoms with Crippen LogP contribution in [-0.2, 0) is 4.89 Å². The number of allylic oxidation sites excluding steroid dienone is 1. The van der Waals surface area contributed by atoms with Crippen molar-refractivity contribution in [3.05, 3.63) is 22.8 Å². The molecule has 2 saturated carbocycles. The van der Waals surface area contributed by atoms with Gasteiger partial charge in [0.25, 0.3) is 0 Å². The number of aliphatic hydroxyl groups is 1. The molecule has 0 bridgehead atoms. The van der Waals surface area contributed by atoms with Crippen molar-refractivity contribution in [1.82, 2.24) is 0 Å². The van der Waals surface area contributed by atoms with E-state index in [2.05, 4.69) is 40.7 Å². The quantitative estimate of drug-likeness (QED) is 0.281. The van der Waals surface area contributed by atoms with Crippen LogP contribution in [0.25, 0.3) is 0 Å². The first-order chi connectivity index (χ1) is 14.2. The van der Waals surface area contributed by atoms with Crippen molar-refractivity contribution in [1.29, 1.82) is 0 Å². The van der Waals surface area contributed by atoms with Crippen LogP contribution in [0.4, 0.5) is 0 Å². The van der Waals surface area contributed by atoms with Crippen LogP contribution in [0.2, 0.25) is 0 Å². The maximum atomic E-state index is 10.2. The first kappa shape index (κ1) is 22.6. The standard InChI is InChI=1S/C27H44O3/c1-17(2)7-6-8-18(3)21-9-10-22-25-23(12-14-27(21,22)5)26(4)13-11-20(28)15-19(26)16-24(25)30-29/h16-18,20-22,24,28-29H,6-15H2,1-5H3/t18?,20-,21+,22-,24+,26-,27+/m0/s1. The average molecular weight is 417 g/mol. The van der Waals surface area contributed by atoms with Crippen molar-refractivity contribution in [3.8, 4) is 0 Å². The first-order valence-electron chi connectivity index (χ1n) is 12.6. The van der Waals surface area contributed by atoms with E-state index in [-0.39, 0.29) is 17.6 Å². The topological polar surface area (TPSA) is 49.7 Å². The van der Waals surface area contributed by atoms with Crippen molar-refractivity contribution in [3.63, 3.8) is 0 Å². The average Bonchev–Trinajstić information content (AvgIpc) is 3.05. The molecule has 3 heteroatoms. The Bertz CT molecular complexity index is 707. The van der Waals surface area contributed by atoms with Gasteiger partial charge in [0.15, 0.2) is 0 Å². The summed E-state index contributed by atoms with van der Waals surface area (Å²) >= 11 is 0. The Morgan fingerprint density at radius 1 is 1.10 bits per heavy atom. The van der Waals surface area contributed by atoms with Gasteiger partial charge in [0.2, 0.25) is 0 Å². The molecule has 0 spiro atoms. The first-order valence-corrected chi connectivity index (χ1v) is 12.6. The number of aliphatic hydroxyl groups excluding tert-OH is 1. The number of hydrogen-bond acceptors (Lipinski definition) is 3. The highest BCUT2D eigenvalue weighted by Crippen LogP contribution is 2.65. The van der Waals surface area contributed by atoms with E-state index in [1.807, 2.05) is 0 Å². The van der Waals surface area contributed by atoms with E-state index in [0.29, 0.717) is 11.3 Å². The van der Waals surface area contributed by atoms with E-state index in [1.54, 1.807) is 5.57 Å². The van der Waals surface area contributed by atoms with Gasteiger partial charge in [-0.3, -0.25) is 5.26 Å². The van der Waals surface area contributed by atoms with E-state index in [9.17, 15) is 10.4 Å². The van der Waals surface area contributed by atoms with Gasteiger partial charge in [-0.25, -0.2) is 4.89 Å². The Kier molecular flexibility index (Phi) is 6.29. The molecule has 0 saturated heterocycles. The summed E-state index contributed by atoms with van der Waals surface area (Å²) in [7, 11) is 0. The van der Waals surface area contributed by atoms with Gasteiger partial charge in [-0.2, -0.15) is 0 Å². The molecule has 4 aliphatic carbocycles. The van der Waals surface area contributed by atoms with Crippen molar-refractivity contribution >= 4 is 0 Å². The van der Waals surface area contributed by atoms with Crippen molar-refractivity contribution < 1.29 is 15.3 Å². The summed E-state index contributed by atoms with van der Waals surface area (Å²) in [6, 6.07) is 0. The van der Waals surface area contributed by atoms with Crippen LogP contribution in [0.5, 0.6) is 0 Å². The Balaban J connectivity index is 1.60. The SMILES string of the molecule is CC(C)CCCC(C)[C@H]1CC[C@H]2C3=C(CC[C@]12C)[C@@]1(C)CC[C@H](O)CC1=C[C@H]3OO. The van der Waals surface area contributed by atoms with Crippen LogP contribution in [0.3, 0.4) is 0 Å². The molecule has 0 aromatic carbocycles. The Morgan fingerprint density at radius 3 is 2.57 bits per heavy atom. The highest BCUT2D eigenvalue weighted by Gasteiger charge is 2.56. The van der Waals surface area contributed by atoms with Gasteiger partial charge >= 0.3 is 0 Å². The van der Waals surface area contributed by atoms with Crippen LogP contribution < -0.4 is 0 Å². The fourth-order valence-corrected chi connectivity index (χ4v) is 7.99. The highest BCUT2D eigenvalue weighted by atomic mass is 17.1. The molecule has 2 N–H and O–H groups in total. The zero-order valence-electron chi connectivity index (χ0n) is 19.9. The molecule has 4 aliphatic rings. The minimum atomic E-state index is -0.312. The fraction of sp³-hybridized carbons (Fsp3) is 0.852. The molecule has 0 radical (unpaired) electrons. The summed E-state index contributed by atoms with van der Waals surface area (Å²) in [6.07, 6.45) is 13.2. The van der Waals surface area contributed by atoms with Gasteiger partial charge in [-0.15, -0.1) is 0 Å². The maximum Gasteiger partial charge on any atom is 0.133 e. The van der Waals surface area contributed by atoms with Crippen LogP contribution >= 0.6 is 0 Å². The van der Waals surface area contributed by atoms with Crippen LogP contribution in [0, 0.1) is 34.5 Å².